The molecule has 25 heavy (non-hydrogen) atoms. The van der Waals surface area contributed by atoms with E-state index in [2.05, 4.69) is 35.2 Å². The molecule has 2 aromatic carbocycles. The van der Waals surface area contributed by atoms with E-state index in [1.165, 1.54) is 5.69 Å². The highest BCUT2D eigenvalue weighted by atomic mass is 16.5. The number of hydrogen-bond acceptors (Lipinski definition) is 4. The molecular formula is C21H24N2O2. The second-order valence-corrected chi connectivity index (χ2v) is 6.37. The van der Waals surface area contributed by atoms with Gasteiger partial charge in [-0.3, -0.25) is 0 Å². The normalized spacial score (nSPS) is 12.2. The standard InChI is InChI=1S/C21H24N2O2/c1-4-18(24)14-25-19-10-12-21-16(13-19)7-11-20(22-21)15-5-8-17(9-6-15)23(2)3/h5-13,18,24H,4,14H2,1-3H3. The first kappa shape index (κ1) is 17.2. The van der Waals surface area contributed by atoms with Crippen molar-refractivity contribution in [3.8, 4) is 17.0 Å². The summed E-state index contributed by atoms with van der Waals surface area (Å²) in [7, 11) is 4.06. The minimum Gasteiger partial charge on any atom is -0.491 e. The highest BCUT2D eigenvalue weighted by molar-refractivity contribution is 5.83. The first-order valence-corrected chi connectivity index (χ1v) is 8.56. The second kappa shape index (κ2) is 7.53. The molecule has 0 bridgehead atoms. The van der Waals surface area contributed by atoms with Crippen LogP contribution in [0.3, 0.4) is 0 Å². The first-order chi connectivity index (χ1) is 12.1. The molecule has 0 aliphatic rings. The average Bonchev–Trinajstić information content (AvgIpc) is 2.65. The van der Waals surface area contributed by atoms with Gasteiger partial charge in [0.05, 0.1) is 17.3 Å². The van der Waals surface area contributed by atoms with E-state index < -0.39 is 6.10 Å². The molecule has 0 radical (unpaired) electrons. The average molecular weight is 336 g/mol. The Morgan fingerprint density at radius 2 is 1.80 bits per heavy atom. The topological polar surface area (TPSA) is 45.6 Å². The van der Waals surface area contributed by atoms with E-state index in [0.717, 1.165) is 27.9 Å². The van der Waals surface area contributed by atoms with Gasteiger partial charge in [0.2, 0.25) is 0 Å². The number of nitrogens with zero attached hydrogens (tertiary/aromatic N) is 2. The van der Waals surface area contributed by atoms with Crippen molar-refractivity contribution in [2.75, 3.05) is 25.6 Å². The SMILES string of the molecule is CCC(O)COc1ccc2nc(-c3ccc(N(C)C)cc3)ccc2c1. The quantitative estimate of drug-likeness (QED) is 0.735. The van der Waals surface area contributed by atoms with Crippen LogP contribution in [0.4, 0.5) is 5.69 Å². The molecule has 0 amide bonds. The Kier molecular flexibility index (Phi) is 5.19. The summed E-state index contributed by atoms with van der Waals surface area (Å²) >= 11 is 0. The lowest BCUT2D eigenvalue weighted by molar-refractivity contribution is 0.104. The monoisotopic (exact) mass is 336 g/mol. The van der Waals surface area contributed by atoms with Gasteiger partial charge in [-0.1, -0.05) is 25.1 Å². The summed E-state index contributed by atoms with van der Waals surface area (Å²) < 4.78 is 5.63. The van der Waals surface area contributed by atoms with Crippen molar-refractivity contribution in [1.82, 2.24) is 4.98 Å². The predicted molar refractivity (Wildman–Crippen MR) is 103 cm³/mol. The Hall–Kier alpha value is -2.59. The summed E-state index contributed by atoms with van der Waals surface area (Å²) in [4.78, 5) is 6.83. The van der Waals surface area contributed by atoms with Gasteiger partial charge in [0.1, 0.15) is 12.4 Å². The van der Waals surface area contributed by atoms with E-state index >= 15 is 0 Å². The summed E-state index contributed by atoms with van der Waals surface area (Å²) in [6.45, 7) is 2.25. The number of benzene rings is 2. The van der Waals surface area contributed by atoms with E-state index in [0.29, 0.717) is 13.0 Å². The van der Waals surface area contributed by atoms with Crippen molar-refractivity contribution < 1.29 is 9.84 Å². The molecule has 0 aliphatic carbocycles. The van der Waals surface area contributed by atoms with Crippen molar-refractivity contribution in [1.29, 1.82) is 0 Å². The number of hydrogen-bond donors (Lipinski definition) is 1. The fourth-order valence-electron chi connectivity index (χ4n) is 2.59. The van der Waals surface area contributed by atoms with Gasteiger partial charge in [0, 0.05) is 30.7 Å². The molecule has 3 rings (SSSR count). The lowest BCUT2D eigenvalue weighted by Gasteiger charge is -2.13. The summed E-state index contributed by atoms with van der Waals surface area (Å²) in [6.07, 6.45) is 0.256. The number of anilines is 1. The number of pyridine rings is 1. The third-order valence-electron chi connectivity index (χ3n) is 4.25. The maximum atomic E-state index is 9.61. The van der Waals surface area contributed by atoms with Gasteiger partial charge in [-0.25, -0.2) is 4.98 Å². The third-order valence-corrected chi connectivity index (χ3v) is 4.25. The molecule has 0 saturated carbocycles. The number of aromatic nitrogens is 1. The van der Waals surface area contributed by atoms with Gasteiger partial charge in [0.25, 0.3) is 0 Å². The van der Waals surface area contributed by atoms with Gasteiger partial charge in [0.15, 0.2) is 0 Å². The van der Waals surface area contributed by atoms with Crippen LogP contribution in [0.15, 0.2) is 54.6 Å². The molecule has 1 unspecified atom stereocenters. The van der Waals surface area contributed by atoms with Crippen LogP contribution >= 0.6 is 0 Å². The van der Waals surface area contributed by atoms with Crippen molar-refractivity contribution in [2.45, 2.75) is 19.4 Å². The number of fused-ring (bicyclic) bond motifs is 1. The van der Waals surface area contributed by atoms with Crippen molar-refractivity contribution in [2.24, 2.45) is 0 Å². The zero-order valence-electron chi connectivity index (χ0n) is 14.9. The van der Waals surface area contributed by atoms with E-state index in [4.69, 9.17) is 9.72 Å². The zero-order valence-corrected chi connectivity index (χ0v) is 14.9. The van der Waals surface area contributed by atoms with E-state index in [1.54, 1.807) is 0 Å². The zero-order chi connectivity index (χ0) is 17.8. The highest BCUT2D eigenvalue weighted by Crippen LogP contribution is 2.25. The van der Waals surface area contributed by atoms with E-state index in [-0.39, 0.29) is 0 Å². The number of ether oxygens (including phenoxy) is 1. The van der Waals surface area contributed by atoms with Crippen molar-refractivity contribution in [3.05, 3.63) is 54.6 Å². The molecular weight excluding hydrogens is 312 g/mol. The molecule has 0 aliphatic heterocycles. The molecule has 1 atom stereocenters. The summed E-state index contributed by atoms with van der Waals surface area (Å²) in [5.41, 5.74) is 4.14. The summed E-state index contributed by atoms with van der Waals surface area (Å²) in [5.74, 6) is 0.755. The van der Waals surface area contributed by atoms with Gasteiger partial charge in [-0.2, -0.15) is 0 Å². The lowest BCUT2D eigenvalue weighted by atomic mass is 10.1. The molecule has 3 aromatic rings. The van der Waals surface area contributed by atoms with Crippen LogP contribution in [0.1, 0.15) is 13.3 Å². The number of aliphatic hydroxyl groups excluding tert-OH is 1. The molecule has 0 saturated heterocycles. The van der Waals surface area contributed by atoms with Crippen LogP contribution in [0, 0.1) is 0 Å². The molecule has 130 valence electrons. The Labute approximate surface area is 148 Å². The summed E-state index contributed by atoms with van der Waals surface area (Å²) in [6, 6.07) is 18.3. The van der Waals surface area contributed by atoms with Gasteiger partial charge in [-0.05, 0) is 42.8 Å². The number of rotatable bonds is 6. The first-order valence-electron chi connectivity index (χ1n) is 8.56. The molecule has 0 spiro atoms. The molecule has 1 heterocycles. The molecule has 0 fully saturated rings. The Bertz CT molecular complexity index is 844. The van der Waals surface area contributed by atoms with E-state index in [9.17, 15) is 5.11 Å². The van der Waals surface area contributed by atoms with Crippen LogP contribution in [-0.4, -0.2) is 36.9 Å². The second-order valence-electron chi connectivity index (χ2n) is 6.37. The minimum atomic E-state index is -0.429. The Balaban J connectivity index is 1.82. The molecule has 1 N–H and O–H groups in total. The van der Waals surface area contributed by atoms with Crippen LogP contribution in [0.5, 0.6) is 5.75 Å². The lowest BCUT2D eigenvalue weighted by Crippen LogP contribution is -2.15. The molecule has 1 aromatic heterocycles. The maximum Gasteiger partial charge on any atom is 0.120 e. The highest BCUT2D eigenvalue weighted by Gasteiger charge is 2.06. The fraction of sp³-hybridized carbons (Fsp3) is 0.286. The van der Waals surface area contributed by atoms with Crippen molar-refractivity contribution >= 4 is 16.6 Å². The van der Waals surface area contributed by atoms with Gasteiger partial charge in [-0.15, -0.1) is 0 Å². The predicted octanol–water partition coefficient (Wildman–Crippen LogP) is 4.12. The smallest absolute Gasteiger partial charge is 0.120 e. The number of aliphatic hydroxyl groups is 1. The van der Waals surface area contributed by atoms with Crippen LogP contribution in [0.2, 0.25) is 0 Å². The van der Waals surface area contributed by atoms with Gasteiger partial charge < -0.3 is 14.7 Å². The Morgan fingerprint density at radius 1 is 1.04 bits per heavy atom. The van der Waals surface area contributed by atoms with Crippen LogP contribution < -0.4 is 9.64 Å². The fourth-order valence-corrected chi connectivity index (χ4v) is 2.59. The van der Waals surface area contributed by atoms with E-state index in [1.807, 2.05) is 45.3 Å². The molecule has 4 nitrogen and oxygen atoms in total. The Morgan fingerprint density at radius 3 is 2.48 bits per heavy atom. The van der Waals surface area contributed by atoms with Crippen LogP contribution in [0.25, 0.3) is 22.2 Å². The largest absolute Gasteiger partial charge is 0.491 e. The summed E-state index contributed by atoms with van der Waals surface area (Å²) in [5, 5.41) is 10.6. The van der Waals surface area contributed by atoms with Crippen molar-refractivity contribution in [3.63, 3.8) is 0 Å². The maximum absolute atomic E-state index is 9.61. The molecule has 4 heteroatoms. The van der Waals surface area contributed by atoms with Gasteiger partial charge >= 0.3 is 0 Å². The third kappa shape index (κ3) is 4.09. The minimum absolute atomic E-state index is 0.311. The van der Waals surface area contributed by atoms with Crippen LogP contribution in [-0.2, 0) is 0 Å².